The van der Waals surface area contributed by atoms with E-state index in [-0.39, 0.29) is 12.0 Å². The zero-order valence-corrected chi connectivity index (χ0v) is 16.5. The Kier molecular flexibility index (Phi) is 5.53. The lowest BCUT2D eigenvalue weighted by Gasteiger charge is -2.32. The number of carbonyl (C=O) groups excluding carboxylic acids is 1. The second-order valence-corrected chi connectivity index (χ2v) is 7.03. The summed E-state index contributed by atoms with van der Waals surface area (Å²) in [7, 11) is 0. The number of pyridine rings is 1. The van der Waals surface area contributed by atoms with Crippen molar-refractivity contribution in [3.63, 3.8) is 0 Å². The Labute approximate surface area is 169 Å². The van der Waals surface area contributed by atoms with Crippen LogP contribution in [0.1, 0.15) is 28.8 Å². The van der Waals surface area contributed by atoms with E-state index < -0.39 is 0 Å². The number of aromatic nitrogens is 2. The van der Waals surface area contributed by atoms with Crippen molar-refractivity contribution in [1.82, 2.24) is 15.0 Å². The summed E-state index contributed by atoms with van der Waals surface area (Å²) in [5, 5.41) is 4.01. The number of nitrogens with zero attached hydrogens (tertiary/aromatic N) is 3. The highest BCUT2D eigenvalue weighted by atomic mass is 16.5. The van der Waals surface area contributed by atoms with Crippen LogP contribution in [-0.2, 0) is 9.53 Å². The van der Waals surface area contributed by atoms with E-state index in [1.807, 2.05) is 68.5 Å². The topological polar surface area (TPSA) is 68.5 Å². The second kappa shape index (κ2) is 8.41. The van der Waals surface area contributed by atoms with Crippen LogP contribution in [0.4, 0.5) is 0 Å². The van der Waals surface area contributed by atoms with Crippen LogP contribution in [0, 0.1) is 13.8 Å². The van der Waals surface area contributed by atoms with Crippen LogP contribution in [0.3, 0.4) is 0 Å². The molecule has 1 aliphatic rings. The van der Waals surface area contributed by atoms with Crippen LogP contribution in [0.25, 0.3) is 17.3 Å². The van der Waals surface area contributed by atoms with Crippen molar-refractivity contribution in [2.45, 2.75) is 20.0 Å². The van der Waals surface area contributed by atoms with E-state index in [4.69, 9.17) is 14.2 Å². The number of rotatable bonds is 4. The molecule has 0 aliphatic carbocycles. The monoisotopic (exact) mass is 389 g/mol. The zero-order valence-electron chi connectivity index (χ0n) is 16.5. The lowest BCUT2D eigenvalue weighted by molar-refractivity contribution is -0.133. The standard InChI is InChI=1S/C23H23N3O3/c1-16-23(17(2)29-25-16)20-10-6-9-19(24-20)21-15-26(13-14-28-21)22(27)12-11-18-7-4-3-5-8-18/h3-12,21H,13-15H2,1-2H3/b12-11+. The summed E-state index contributed by atoms with van der Waals surface area (Å²) in [6.07, 6.45) is 3.19. The molecule has 3 heterocycles. The van der Waals surface area contributed by atoms with Gasteiger partial charge in [0.15, 0.2) is 0 Å². The maximum absolute atomic E-state index is 12.6. The first-order valence-corrected chi connectivity index (χ1v) is 9.65. The maximum Gasteiger partial charge on any atom is 0.246 e. The molecule has 0 saturated carbocycles. The van der Waals surface area contributed by atoms with Crippen LogP contribution >= 0.6 is 0 Å². The van der Waals surface area contributed by atoms with Gasteiger partial charge in [0.25, 0.3) is 0 Å². The van der Waals surface area contributed by atoms with Gasteiger partial charge < -0.3 is 14.2 Å². The fourth-order valence-electron chi connectivity index (χ4n) is 3.48. The number of benzene rings is 1. The largest absolute Gasteiger partial charge is 0.368 e. The van der Waals surface area contributed by atoms with Gasteiger partial charge in [0.2, 0.25) is 5.91 Å². The Hall–Kier alpha value is -3.25. The Bertz CT molecular complexity index is 1010. The summed E-state index contributed by atoms with van der Waals surface area (Å²) in [6.45, 7) is 5.29. The van der Waals surface area contributed by atoms with Crippen molar-refractivity contribution in [1.29, 1.82) is 0 Å². The summed E-state index contributed by atoms with van der Waals surface area (Å²) in [6, 6.07) is 15.6. The molecular formula is C23H23N3O3. The van der Waals surface area contributed by atoms with E-state index in [0.717, 1.165) is 34.0 Å². The van der Waals surface area contributed by atoms with E-state index in [2.05, 4.69) is 5.16 Å². The Morgan fingerprint density at radius 2 is 1.97 bits per heavy atom. The average molecular weight is 389 g/mol. The predicted molar refractivity (Wildman–Crippen MR) is 110 cm³/mol. The molecule has 0 N–H and O–H groups in total. The van der Waals surface area contributed by atoms with Crippen LogP contribution in [0.15, 0.2) is 59.1 Å². The molecule has 1 fully saturated rings. The van der Waals surface area contributed by atoms with Gasteiger partial charge in [-0.2, -0.15) is 0 Å². The minimum atomic E-state index is -0.266. The number of hydrogen-bond donors (Lipinski definition) is 0. The number of hydrogen-bond acceptors (Lipinski definition) is 5. The molecule has 29 heavy (non-hydrogen) atoms. The van der Waals surface area contributed by atoms with Gasteiger partial charge in [-0.05, 0) is 37.6 Å². The average Bonchev–Trinajstić information content (AvgIpc) is 3.11. The van der Waals surface area contributed by atoms with Gasteiger partial charge in [-0.3, -0.25) is 4.79 Å². The molecular weight excluding hydrogens is 366 g/mol. The molecule has 0 spiro atoms. The van der Waals surface area contributed by atoms with E-state index in [1.165, 1.54) is 0 Å². The molecule has 1 aromatic carbocycles. The third-order valence-corrected chi connectivity index (χ3v) is 4.99. The molecule has 0 radical (unpaired) electrons. The number of aryl methyl sites for hydroxylation is 2. The Morgan fingerprint density at radius 1 is 1.14 bits per heavy atom. The van der Waals surface area contributed by atoms with Crippen molar-refractivity contribution in [2.24, 2.45) is 0 Å². The van der Waals surface area contributed by atoms with Crippen LogP contribution in [0.2, 0.25) is 0 Å². The van der Waals surface area contributed by atoms with Crippen molar-refractivity contribution in [2.75, 3.05) is 19.7 Å². The van der Waals surface area contributed by atoms with Gasteiger partial charge >= 0.3 is 0 Å². The predicted octanol–water partition coefficient (Wildman–Crippen LogP) is 3.97. The van der Waals surface area contributed by atoms with E-state index in [9.17, 15) is 4.79 Å². The highest BCUT2D eigenvalue weighted by Gasteiger charge is 2.26. The van der Waals surface area contributed by atoms with Gasteiger partial charge in [-0.1, -0.05) is 41.6 Å². The van der Waals surface area contributed by atoms with Crippen molar-refractivity contribution < 1.29 is 14.1 Å². The summed E-state index contributed by atoms with van der Waals surface area (Å²) in [5.74, 6) is 0.712. The SMILES string of the molecule is Cc1noc(C)c1-c1cccc(C2CN(C(=O)/C=C/c3ccccc3)CCO2)n1. The van der Waals surface area contributed by atoms with Gasteiger partial charge in [0, 0.05) is 12.6 Å². The molecule has 6 nitrogen and oxygen atoms in total. The lowest BCUT2D eigenvalue weighted by atomic mass is 10.1. The first-order valence-electron chi connectivity index (χ1n) is 9.65. The van der Waals surface area contributed by atoms with Crippen molar-refractivity contribution in [3.8, 4) is 11.3 Å². The van der Waals surface area contributed by atoms with Gasteiger partial charge in [-0.25, -0.2) is 4.98 Å². The summed E-state index contributed by atoms with van der Waals surface area (Å²) in [4.78, 5) is 19.2. The van der Waals surface area contributed by atoms with Crippen molar-refractivity contribution in [3.05, 3.63) is 77.3 Å². The molecule has 6 heteroatoms. The molecule has 3 aromatic rings. The second-order valence-electron chi connectivity index (χ2n) is 7.03. The van der Waals surface area contributed by atoms with Gasteiger partial charge in [-0.15, -0.1) is 0 Å². The van der Waals surface area contributed by atoms with Crippen LogP contribution in [0.5, 0.6) is 0 Å². The lowest BCUT2D eigenvalue weighted by Crippen LogP contribution is -2.41. The molecule has 0 bridgehead atoms. The first kappa shape index (κ1) is 19.1. The van der Waals surface area contributed by atoms with Crippen LogP contribution in [-0.4, -0.2) is 40.6 Å². The minimum Gasteiger partial charge on any atom is -0.368 e. The fourth-order valence-corrected chi connectivity index (χ4v) is 3.48. The molecule has 1 amide bonds. The fraction of sp³-hybridized carbons (Fsp3) is 0.261. The van der Waals surface area contributed by atoms with Crippen LogP contribution < -0.4 is 0 Å². The third-order valence-electron chi connectivity index (χ3n) is 4.99. The maximum atomic E-state index is 12.6. The molecule has 148 valence electrons. The smallest absolute Gasteiger partial charge is 0.246 e. The zero-order chi connectivity index (χ0) is 20.2. The van der Waals surface area contributed by atoms with E-state index in [0.29, 0.717) is 19.7 Å². The third kappa shape index (κ3) is 4.27. The minimum absolute atomic E-state index is 0.0240. The molecule has 1 aliphatic heterocycles. The Balaban J connectivity index is 1.49. The number of ether oxygens (including phenoxy) is 1. The molecule has 1 atom stereocenters. The quantitative estimate of drug-likeness (QED) is 0.632. The molecule has 1 saturated heterocycles. The normalized spacial score (nSPS) is 17.0. The summed E-state index contributed by atoms with van der Waals surface area (Å²) >= 11 is 0. The molecule has 1 unspecified atom stereocenters. The summed E-state index contributed by atoms with van der Waals surface area (Å²) < 4.78 is 11.2. The van der Waals surface area contributed by atoms with E-state index >= 15 is 0 Å². The highest BCUT2D eigenvalue weighted by Crippen LogP contribution is 2.28. The number of carbonyl (C=O) groups is 1. The number of amides is 1. The van der Waals surface area contributed by atoms with E-state index in [1.54, 1.807) is 11.0 Å². The molecule has 4 rings (SSSR count). The first-order chi connectivity index (χ1) is 14.1. The molecule has 2 aromatic heterocycles. The highest BCUT2D eigenvalue weighted by molar-refractivity contribution is 5.91. The Morgan fingerprint density at radius 3 is 2.72 bits per heavy atom. The summed E-state index contributed by atoms with van der Waals surface area (Å²) in [5.41, 5.74) is 4.31. The van der Waals surface area contributed by atoms with Gasteiger partial charge in [0.05, 0.1) is 35.8 Å². The van der Waals surface area contributed by atoms with Crippen molar-refractivity contribution >= 4 is 12.0 Å². The number of morpholine rings is 1. The van der Waals surface area contributed by atoms with Gasteiger partial charge in [0.1, 0.15) is 11.9 Å².